The summed E-state index contributed by atoms with van der Waals surface area (Å²) in [5.74, 6) is -0.323. The molecule has 0 amide bonds. The Balaban J connectivity index is 3.93. The van der Waals surface area contributed by atoms with E-state index in [0.717, 1.165) is 32.1 Å². The molecular formula is C44H90NO7P. The van der Waals surface area contributed by atoms with Crippen LogP contribution in [0, 0.1) is 0 Å². The molecule has 0 aromatic rings. The van der Waals surface area contributed by atoms with Crippen molar-refractivity contribution in [1.82, 2.24) is 0 Å². The van der Waals surface area contributed by atoms with Gasteiger partial charge in [-0.2, -0.15) is 0 Å². The summed E-state index contributed by atoms with van der Waals surface area (Å²) in [5, 5.41) is 0. The third-order valence-corrected chi connectivity index (χ3v) is 11.3. The Labute approximate surface area is 329 Å². The maximum absolute atomic E-state index is 12.6. The van der Waals surface area contributed by atoms with Gasteiger partial charge in [-0.1, -0.05) is 219 Å². The van der Waals surface area contributed by atoms with Crippen LogP contribution in [0.25, 0.3) is 0 Å². The number of phosphoric ester groups is 1. The smallest absolute Gasteiger partial charge is 0.457 e. The summed E-state index contributed by atoms with van der Waals surface area (Å²) in [6.07, 6.45) is 44.1. The van der Waals surface area contributed by atoms with Crippen molar-refractivity contribution < 1.29 is 32.8 Å². The molecule has 0 spiro atoms. The van der Waals surface area contributed by atoms with E-state index in [-0.39, 0.29) is 32.3 Å². The first-order valence-corrected chi connectivity index (χ1v) is 24.5. The van der Waals surface area contributed by atoms with Crippen LogP contribution in [0.4, 0.5) is 0 Å². The van der Waals surface area contributed by atoms with Crippen LogP contribution in [0.2, 0.25) is 0 Å². The highest BCUT2D eigenvalue weighted by atomic mass is 31.2. The number of esters is 1. The molecule has 0 aromatic carbocycles. The number of ether oxygens (including phenoxy) is 2. The predicted octanol–water partition coefficient (Wildman–Crippen LogP) is 13.7. The third kappa shape index (κ3) is 42.5. The summed E-state index contributed by atoms with van der Waals surface area (Å²) in [5.41, 5.74) is 5.37. The van der Waals surface area contributed by atoms with Crippen LogP contribution in [0.15, 0.2) is 0 Å². The average Bonchev–Trinajstić information content (AvgIpc) is 3.15. The molecule has 2 atom stereocenters. The lowest BCUT2D eigenvalue weighted by atomic mass is 10.0. The van der Waals surface area contributed by atoms with Crippen molar-refractivity contribution in [3.63, 3.8) is 0 Å². The zero-order valence-corrected chi connectivity index (χ0v) is 36.2. The second kappa shape index (κ2) is 42.6. The number of hydrogen-bond acceptors (Lipinski definition) is 7. The van der Waals surface area contributed by atoms with Crippen LogP contribution in [-0.2, 0) is 27.9 Å². The monoisotopic (exact) mass is 776 g/mol. The molecule has 0 aliphatic rings. The number of rotatable bonds is 45. The van der Waals surface area contributed by atoms with Crippen molar-refractivity contribution in [3.8, 4) is 0 Å². The standard InChI is InChI=1S/C44H90NO7P/c1-3-5-7-9-11-13-15-17-19-20-21-22-24-26-28-30-32-34-36-39-49-41-43(42-51-53(47,48)50-40-38-45)52-44(46)37-35-33-31-29-27-25-23-18-16-14-12-10-8-6-4-2/h43H,3-42,45H2,1-2H3,(H,47,48). The van der Waals surface area contributed by atoms with Crippen molar-refractivity contribution in [2.45, 2.75) is 245 Å². The normalized spacial score (nSPS) is 13.4. The van der Waals surface area contributed by atoms with Crippen molar-refractivity contribution in [3.05, 3.63) is 0 Å². The molecule has 2 unspecified atom stereocenters. The molecule has 0 heterocycles. The Morgan fingerprint density at radius 3 is 1.19 bits per heavy atom. The van der Waals surface area contributed by atoms with Gasteiger partial charge in [0.15, 0.2) is 0 Å². The summed E-state index contributed by atoms with van der Waals surface area (Å²) in [4.78, 5) is 22.5. The molecule has 3 N–H and O–H groups in total. The topological polar surface area (TPSA) is 117 Å². The summed E-state index contributed by atoms with van der Waals surface area (Å²) >= 11 is 0. The zero-order chi connectivity index (χ0) is 38.8. The van der Waals surface area contributed by atoms with Crippen molar-refractivity contribution in [2.24, 2.45) is 5.73 Å². The molecule has 0 aliphatic heterocycles. The number of phosphoric acid groups is 1. The van der Waals surface area contributed by atoms with E-state index in [1.807, 2.05) is 0 Å². The fourth-order valence-electron chi connectivity index (χ4n) is 6.88. The molecule has 8 nitrogen and oxygen atoms in total. The van der Waals surface area contributed by atoms with Crippen molar-refractivity contribution in [1.29, 1.82) is 0 Å². The predicted molar refractivity (Wildman–Crippen MR) is 224 cm³/mol. The SMILES string of the molecule is CCCCCCCCCCCCCCCCCCCCCOCC(COP(=O)(O)OCCN)OC(=O)CCCCCCCCCCCCCCCCC. The number of carbonyl (C=O) groups is 1. The quantitative estimate of drug-likeness (QED) is 0.0357. The summed E-state index contributed by atoms with van der Waals surface area (Å²) in [6.45, 7) is 4.99. The number of unbranched alkanes of at least 4 members (excludes halogenated alkanes) is 32. The number of carbonyl (C=O) groups excluding carboxylic acids is 1. The first kappa shape index (κ1) is 52.5. The van der Waals surface area contributed by atoms with Gasteiger partial charge in [0, 0.05) is 19.6 Å². The van der Waals surface area contributed by atoms with Gasteiger partial charge in [0.25, 0.3) is 0 Å². The molecule has 53 heavy (non-hydrogen) atoms. The molecule has 0 saturated heterocycles. The van der Waals surface area contributed by atoms with E-state index in [1.165, 1.54) is 186 Å². The fourth-order valence-corrected chi connectivity index (χ4v) is 7.65. The van der Waals surface area contributed by atoms with E-state index in [9.17, 15) is 14.3 Å². The van der Waals surface area contributed by atoms with Gasteiger partial charge in [0.2, 0.25) is 0 Å². The zero-order valence-electron chi connectivity index (χ0n) is 35.3. The molecule has 0 rings (SSSR count). The molecule has 0 aromatic heterocycles. The highest BCUT2D eigenvalue weighted by Crippen LogP contribution is 2.43. The second-order valence-electron chi connectivity index (χ2n) is 15.6. The van der Waals surface area contributed by atoms with Gasteiger partial charge in [-0.05, 0) is 12.8 Å². The Bertz CT molecular complexity index is 787. The lowest BCUT2D eigenvalue weighted by Crippen LogP contribution is -2.28. The molecule has 0 aliphatic carbocycles. The van der Waals surface area contributed by atoms with Gasteiger partial charge in [0.1, 0.15) is 6.10 Å². The van der Waals surface area contributed by atoms with Gasteiger partial charge in [-0.25, -0.2) is 4.57 Å². The van der Waals surface area contributed by atoms with Crippen molar-refractivity contribution in [2.75, 3.05) is 33.0 Å². The van der Waals surface area contributed by atoms with E-state index < -0.39 is 13.9 Å². The molecule has 318 valence electrons. The van der Waals surface area contributed by atoms with Gasteiger partial charge < -0.3 is 20.1 Å². The lowest BCUT2D eigenvalue weighted by Gasteiger charge is -2.20. The minimum atomic E-state index is -4.27. The summed E-state index contributed by atoms with van der Waals surface area (Å²) in [6, 6.07) is 0. The van der Waals surface area contributed by atoms with E-state index in [4.69, 9.17) is 24.3 Å². The van der Waals surface area contributed by atoms with E-state index in [2.05, 4.69) is 13.8 Å². The van der Waals surface area contributed by atoms with Gasteiger partial charge in [-0.3, -0.25) is 13.8 Å². The lowest BCUT2D eigenvalue weighted by molar-refractivity contribution is -0.154. The van der Waals surface area contributed by atoms with Gasteiger partial charge in [-0.15, -0.1) is 0 Å². The summed E-state index contributed by atoms with van der Waals surface area (Å²) < 4.78 is 33.5. The average molecular weight is 776 g/mol. The minimum absolute atomic E-state index is 0.0900. The van der Waals surface area contributed by atoms with Crippen LogP contribution in [0.3, 0.4) is 0 Å². The molecule has 0 bridgehead atoms. The van der Waals surface area contributed by atoms with Gasteiger partial charge in [0.05, 0.1) is 19.8 Å². The first-order valence-electron chi connectivity index (χ1n) is 23.0. The van der Waals surface area contributed by atoms with E-state index in [0.29, 0.717) is 13.0 Å². The van der Waals surface area contributed by atoms with Crippen molar-refractivity contribution >= 4 is 13.8 Å². The van der Waals surface area contributed by atoms with Crippen LogP contribution >= 0.6 is 7.82 Å². The number of nitrogens with two attached hydrogens (primary N) is 1. The van der Waals surface area contributed by atoms with Crippen LogP contribution in [0.5, 0.6) is 0 Å². The highest BCUT2D eigenvalue weighted by molar-refractivity contribution is 7.47. The Morgan fingerprint density at radius 2 is 0.830 bits per heavy atom. The third-order valence-electron chi connectivity index (χ3n) is 10.3. The largest absolute Gasteiger partial charge is 0.472 e. The fraction of sp³-hybridized carbons (Fsp3) is 0.977. The van der Waals surface area contributed by atoms with Crippen LogP contribution in [-0.4, -0.2) is 49.9 Å². The van der Waals surface area contributed by atoms with Crippen LogP contribution in [0.1, 0.15) is 239 Å². The maximum Gasteiger partial charge on any atom is 0.472 e. The second-order valence-corrected chi connectivity index (χ2v) is 17.1. The molecule has 0 radical (unpaired) electrons. The van der Waals surface area contributed by atoms with Gasteiger partial charge >= 0.3 is 13.8 Å². The first-order chi connectivity index (χ1) is 25.9. The molecule has 0 saturated carbocycles. The molecule has 0 fully saturated rings. The van der Waals surface area contributed by atoms with Crippen LogP contribution < -0.4 is 5.73 Å². The molecule has 9 heteroatoms. The maximum atomic E-state index is 12.6. The summed E-state index contributed by atoms with van der Waals surface area (Å²) in [7, 11) is -4.27. The Morgan fingerprint density at radius 1 is 0.491 bits per heavy atom. The molecular weight excluding hydrogens is 685 g/mol. The minimum Gasteiger partial charge on any atom is -0.457 e. The number of hydrogen-bond donors (Lipinski definition) is 2. The Kier molecular flexibility index (Phi) is 42.2. The Hall–Kier alpha value is -0.500. The van der Waals surface area contributed by atoms with E-state index >= 15 is 0 Å². The van der Waals surface area contributed by atoms with E-state index in [1.54, 1.807) is 0 Å². The highest BCUT2D eigenvalue weighted by Gasteiger charge is 2.25.